The van der Waals surface area contributed by atoms with Gasteiger partial charge in [-0.2, -0.15) is 0 Å². The molecule has 2 rings (SSSR count). The first-order valence-corrected chi connectivity index (χ1v) is 8.08. The Labute approximate surface area is 141 Å². The van der Waals surface area contributed by atoms with Gasteiger partial charge >= 0.3 is 0 Å². The van der Waals surface area contributed by atoms with E-state index < -0.39 is 11.7 Å². The molecular formula is C19H25NO4. The Morgan fingerprint density at radius 2 is 2.08 bits per heavy atom. The van der Waals surface area contributed by atoms with Crippen molar-refractivity contribution in [1.82, 2.24) is 4.98 Å². The Balaban J connectivity index is 1.97. The third kappa shape index (κ3) is 4.94. The molecule has 0 aliphatic heterocycles. The van der Waals surface area contributed by atoms with Crippen LogP contribution in [-0.4, -0.2) is 33.5 Å². The molecule has 0 amide bonds. The van der Waals surface area contributed by atoms with Crippen LogP contribution in [0.15, 0.2) is 46.8 Å². The molecule has 0 fully saturated rings. The van der Waals surface area contributed by atoms with E-state index in [2.05, 4.69) is 4.98 Å². The molecule has 5 nitrogen and oxygen atoms in total. The third-order valence-corrected chi connectivity index (χ3v) is 4.01. The highest BCUT2D eigenvalue weighted by Gasteiger charge is 2.23. The molecule has 0 saturated heterocycles. The van der Waals surface area contributed by atoms with Crippen LogP contribution in [0.4, 0.5) is 0 Å². The summed E-state index contributed by atoms with van der Waals surface area (Å²) in [6, 6.07) is 8.94. The standard InChI is InChI=1S/C19H25NO4/c1-13(8-9-17(21)19(2,3)23)10-11-24-16-12-18(22)20-15-7-5-4-6-14(15)16/h4-7,10,12,17,21,23H,8-9,11H2,1-3H3,(H,20,22)/t17-/m0/s1. The fourth-order valence-electron chi connectivity index (χ4n) is 2.39. The number of ether oxygens (including phenoxy) is 1. The molecule has 0 aliphatic rings. The minimum absolute atomic E-state index is 0.197. The SMILES string of the molecule is CC(=CCOc1cc(=O)[nH]c2ccccc12)CC[C@H](O)C(C)(C)O. The van der Waals surface area contributed by atoms with Gasteiger partial charge in [0.1, 0.15) is 12.4 Å². The van der Waals surface area contributed by atoms with Gasteiger partial charge in [0.05, 0.1) is 17.2 Å². The maximum Gasteiger partial charge on any atom is 0.252 e. The lowest BCUT2D eigenvalue weighted by molar-refractivity contribution is -0.0509. The molecule has 3 N–H and O–H groups in total. The van der Waals surface area contributed by atoms with Crippen LogP contribution in [0.3, 0.4) is 0 Å². The molecule has 2 aromatic rings. The first kappa shape index (κ1) is 18.2. The molecule has 130 valence electrons. The van der Waals surface area contributed by atoms with Crippen LogP contribution in [0.5, 0.6) is 5.75 Å². The van der Waals surface area contributed by atoms with E-state index in [1.54, 1.807) is 13.8 Å². The molecule has 0 bridgehead atoms. The van der Waals surface area contributed by atoms with Gasteiger partial charge in [-0.1, -0.05) is 17.7 Å². The molecule has 1 atom stereocenters. The number of allylic oxidation sites excluding steroid dienone is 1. The Morgan fingerprint density at radius 3 is 2.79 bits per heavy atom. The van der Waals surface area contributed by atoms with Crippen molar-refractivity contribution in [2.24, 2.45) is 0 Å². The minimum Gasteiger partial charge on any atom is -0.489 e. The number of fused-ring (bicyclic) bond motifs is 1. The van der Waals surface area contributed by atoms with Crippen molar-refractivity contribution in [3.05, 3.63) is 52.3 Å². The van der Waals surface area contributed by atoms with Gasteiger partial charge in [0.15, 0.2) is 0 Å². The van der Waals surface area contributed by atoms with E-state index in [0.29, 0.717) is 25.2 Å². The second kappa shape index (κ2) is 7.64. The third-order valence-electron chi connectivity index (χ3n) is 4.01. The Hall–Kier alpha value is -2.11. The summed E-state index contributed by atoms with van der Waals surface area (Å²) in [4.78, 5) is 14.4. The molecule has 1 heterocycles. The van der Waals surface area contributed by atoms with Crippen molar-refractivity contribution >= 4 is 10.9 Å². The number of aromatic nitrogens is 1. The van der Waals surface area contributed by atoms with Crippen LogP contribution in [-0.2, 0) is 0 Å². The smallest absolute Gasteiger partial charge is 0.252 e. The first-order chi connectivity index (χ1) is 11.3. The van der Waals surface area contributed by atoms with Gasteiger partial charge < -0.3 is 19.9 Å². The van der Waals surface area contributed by atoms with Gasteiger partial charge in [-0.15, -0.1) is 0 Å². The first-order valence-electron chi connectivity index (χ1n) is 8.08. The molecule has 0 unspecified atom stereocenters. The minimum atomic E-state index is -1.10. The number of pyridine rings is 1. The summed E-state index contributed by atoms with van der Waals surface area (Å²) in [5, 5.41) is 20.4. The zero-order valence-corrected chi connectivity index (χ0v) is 14.4. The summed E-state index contributed by atoms with van der Waals surface area (Å²) in [6.07, 6.45) is 2.32. The number of benzene rings is 1. The highest BCUT2D eigenvalue weighted by Crippen LogP contribution is 2.22. The number of para-hydroxylation sites is 1. The van der Waals surface area contributed by atoms with Gasteiger partial charge in [0, 0.05) is 11.5 Å². The van der Waals surface area contributed by atoms with E-state index in [4.69, 9.17) is 4.74 Å². The van der Waals surface area contributed by atoms with Crippen molar-refractivity contribution in [1.29, 1.82) is 0 Å². The summed E-state index contributed by atoms with van der Waals surface area (Å²) in [5.74, 6) is 0.551. The number of hydrogen-bond acceptors (Lipinski definition) is 4. The van der Waals surface area contributed by atoms with Gasteiger partial charge in [-0.3, -0.25) is 4.79 Å². The maximum absolute atomic E-state index is 11.7. The van der Waals surface area contributed by atoms with E-state index in [9.17, 15) is 15.0 Å². The Kier molecular flexibility index (Phi) is 5.80. The van der Waals surface area contributed by atoms with Crippen LogP contribution in [0.25, 0.3) is 10.9 Å². The van der Waals surface area contributed by atoms with Crippen molar-refractivity contribution in [2.45, 2.75) is 45.3 Å². The molecular weight excluding hydrogens is 306 g/mol. The van der Waals surface area contributed by atoms with Crippen molar-refractivity contribution < 1.29 is 14.9 Å². The van der Waals surface area contributed by atoms with Crippen LogP contribution in [0.1, 0.15) is 33.6 Å². The Morgan fingerprint density at radius 1 is 1.38 bits per heavy atom. The van der Waals surface area contributed by atoms with Crippen molar-refractivity contribution in [3.63, 3.8) is 0 Å². The van der Waals surface area contributed by atoms with E-state index in [1.165, 1.54) is 6.07 Å². The fourth-order valence-corrected chi connectivity index (χ4v) is 2.39. The van der Waals surface area contributed by atoms with Crippen LogP contribution in [0.2, 0.25) is 0 Å². The molecule has 0 saturated carbocycles. The zero-order chi connectivity index (χ0) is 17.7. The lowest BCUT2D eigenvalue weighted by atomic mass is 9.96. The summed E-state index contributed by atoms with van der Waals surface area (Å²) in [6.45, 7) is 5.49. The highest BCUT2D eigenvalue weighted by atomic mass is 16.5. The molecule has 24 heavy (non-hydrogen) atoms. The predicted octanol–water partition coefficient (Wildman–Crippen LogP) is 2.77. The second-order valence-corrected chi connectivity index (χ2v) is 6.61. The van der Waals surface area contributed by atoms with Crippen LogP contribution in [0, 0.1) is 0 Å². The average molecular weight is 331 g/mol. The lowest BCUT2D eigenvalue weighted by Crippen LogP contribution is -2.35. The highest BCUT2D eigenvalue weighted by molar-refractivity contribution is 5.84. The number of nitrogens with one attached hydrogen (secondary N) is 1. The summed E-state index contributed by atoms with van der Waals surface area (Å²) < 4.78 is 5.74. The normalized spacial score (nSPS) is 14.0. The maximum atomic E-state index is 11.7. The number of aliphatic hydroxyl groups excluding tert-OH is 1. The number of aliphatic hydroxyl groups is 2. The molecule has 5 heteroatoms. The van der Waals surface area contributed by atoms with Gasteiger partial charge in [-0.25, -0.2) is 0 Å². The summed E-state index contributed by atoms with van der Waals surface area (Å²) >= 11 is 0. The van der Waals surface area contributed by atoms with Crippen LogP contribution >= 0.6 is 0 Å². The number of aromatic amines is 1. The zero-order valence-electron chi connectivity index (χ0n) is 14.4. The van der Waals surface area contributed by atoms with E-state index in [-0.39, 0.29) is 5.56 Å². The van der Waals surface area contributed by atoms with Crippen molar-refractivity contribution in [2.75, 3.05) is 6.61 Å². The quantitative estimate of drug-likeness (QED) is 0.681. The largest absolute Gasteiger partial charge is 0.489 e. The summed E-state index contributed by atoms with van der Waals surface area (Å²) in [5.41, 5.74) is 0.514. The number of hydrogen-bond donors (Lipinski definition) is 3. The van der Waals surface area contributed by atoms with Gasteiger partial charge in [-0.05, 0) is 51.8 Å². The Bertz CT molecular complexity index is 771. The monoisotopic (exact) mass is 331 g/mol. The topological polar surface area (TPSA) is 82.6 Å². The summed E-state index contributed by atoms with van der Waals surface area (Å²) in [7, 11) is 0. The number of H-pyrrole nitrogens is 1. The number of rotatable bonds is 7. The van der Waals surface area contributed by atoms with E-state index in [1.807, 2.05) is 37.3 Å². The van der Waals surface area contributed by atoms with Gasteiger partial charge in [0.25, 0.3) is 5.56 Å². The molecule has 0 spiro atoms. The molecule has 0 radical (unpaired) electrons. The fraction of sp³-hybridized carbons (Fsp3) is 0.421. The van der Waals surface area contributed by atoms with Crippen LogP contribution < -0.4 is 10.3 Å². The van der Waals surface area contributed by atoms with Crippen molar-refractivity contribution in [3.8, 4) is 5.75 Å². The average Bonchev–Trinajstić information content (AvgIpc) is 2.51. The second-order valence-electron chi connectivity index (χ2n) is 6.61. The van der Waals surface area contributed by atoms with E-state index >= 15 is 0 Å². The van der Waals surface area contributed by atoms with Gasteiger partial charge in [0.2, 0.25) is 0 Å². The molecule has 0 aliphatic carbocycles. The molecule has 1 aromatic carbocycles. The lowest BCUT2D eigenvalue weighted by Gasteiger charge is -2.24. The molecule has 1 aromatic heterocycles. The van der Waals surface area contributed by atoms with E-state index in [0.717, 1.165) is 16.5 Å². The predicted molar refractivity (Wildman–Crippen MR) is 95.4 cm³/mol.